The van der Waals surface area contributed by atoms with Crippen molar-refractivity contribution in [1.82, 2.24) is 10.2 Å². The molecule has 0 radical (unpaired) electrons. The SMILES string of the molecule is CN(C)CCC(NC(=O)C1CCCO1)c1ccc(Cl)cc1. The van der Waals surface area contributed by atoms with Gasteiger partial charge in [-0.25, -0.2) is 0 Å². The number of nitrogens with one attached hydrogen (secondary N) is 1. The van der Waals surface area contributed by atoms with E-state index in [4.69, 9.17) is 16.3 Å². The molecule has 0 saturated carbocycles. The highest BCUT2D eigenvalue weighted by atomic mass is 35.5. The molecule has 1 aromatic carbocycles. The smallest absolute Gasteiger partial charge is 0.249 e. The molecule has 0 spiro atoms. The van der Waals surface area contributed by atoms with Gasteiger partial charge in [0.1, 0.15) is 6.10 Å². The van der Waals surface area contributed by atoms with Crippen LogP contribution in [0.2, 0.25) is 5.02 Å². The first kappa shape index (κ1) is 16.3. The van der Waals surface area contributed by atoms with Crippen molar-refractivity contribution in [2.45, 2.75) is 31.4 Å². The van der Waals surface area contributed by atoms with Crippen LogP contribution < -0.4 is 5.32 Å². The molecule has 1 saturated heterocycles. The molecule has 2 unspecified atom stereocenters. The summed E-state index contributed by atoms with van der Waals surface area (Å²) >= 11 is 5.94. The van der Waals surface area contributed by atoms with Gasteiger partial charge in [0.2, 0.25) is 5.91 Å². The number of hydrogen-bond acceptors (Lipinski definition) is 3. The van der Waals surface area contributed by atoms with E-state index in [0.717, 1.165) is 31.4 Å². The number of ether oxygens (including phenoxy) is 1. The van der Waals surface area contributed by atoms with Crippen molar-refractivity contribution < 1.29 is 9.53 Å². The number of amides is 1. The summed E-state index contributed by atoms with van der Waals surface area (Å²) < 4.78 is 5.45. The standard InChI is InChI=1S/C16H23ClN2O2/c1-19(2)10-9-14(12-5-7-13(17)8-6-12)18-16(20)15-4-3-11-21-15/h5-8,14-15H,3-4,9-11H2,1-2H3,(H,18,20). The number of benzene rings is 1. The van der Waals surface area contributed by atoms with Crippen molar-refractivity contribution in [2.24, 2.45) is 0 Å². The monoisotopic (exact) mass is 310 g/mol. The first-order valence-corrected chi connectivity index (χ1v) is 7.76. The molecule has 116 valence electrons. The van der Waals surface area contributed by atoms with E-state index in [9.17, 15) is 4.79 Å². The van der Waals surface area contributed by atoms with Gasteiger partial charge < -0.3 is 15.0 Å². The van der Waals surface area contributed by atoms with Crippen molar-refractivity contribution in [2.75, 3.05) is 27.2 Å². The Hall–Kier alpha value is -1.10. The summed E-state index contributed by atoms with van der Waals surface area (Å²) in [6.07, 6.45) is 2.33. The van der Waals surface area contributed by atoms with Gasteiger partial charge in [-0.3, -0.25) is 4.79 Å². The zero-order valence-electron chi connectivity index (χ0n) is 12.6. The van der Waals surface area contributed by atoms with E-state index >= 15 is 0 Å². The summed E-state index contributed by atoms with van der Waals surface area (Å²) in [5.74, 6) is -0.00814. The minimum Gasteiger partial charge on any atom is -0.368 e. The molecule has 2 atom stereocenters. The van der Waals surface area contributed by atoms with Gasteiger partial charge in [-0.2, -0.15) is 0 Å². The minimum atomic E-state index is -0.292. The van der Waals surface area contributed by atoms with Gasteiger partial charge in [-0.05, 0) is 57.6 Å². The molecular formula is C16H23ClN2O2. The molecule has 1 amide bonds. The van der Waals surface area contributed by atoms with Gasteiger partial charge in [0.15, 0.2) is 0 Å². The maximum atomic E-state index is 12.3. The van der Waals surface area contributed by atoms with E-state index in [1.807, 2.05) is 38.4 Å². The molecule has 0 bridgehead atoms. The van der Waals surface area contributed by atoms with Crippen LogP contribution in [0.1, 0.15) is 30.9 Å². The summed E-state index contributed by atoms with van der Waals surface area (Å²) in [6.45, 7) is 1.58. The van der Waals surface area contributed by atoms with Crippen molar-refractivity contribution in [3.63, 3.8) is 0 Å². The molecule has 1 N–H and O–H groups in total. The predicted molar refractivity (Wildman–Crippen MR) is 84.5 cm³/mol. The van der Waals surface area contributed by atoms with Gasteiger partial charge in [0, 0.05) is 11.6 Å². The van der Waals surface area contributed by atoms with Crippen molar-refractivity contribution in [3.05, 3.63) is 34.9 Å². The minimum absolute atomic E-state index is 0.00814. The van der Waals surface area contributed by atoms with Crippen molar-refractivity contribution >= 4 is 17.5 Å². The van der Waals surface area contributed by atoms with Crippen LogP contribution in [-0.2, 0) is 9.53 Å². The van der Waals surface area contributed by atoms with Crippen LogP contribution in [0.5, 0.6) is 0 Å². The first-order valence-electron chi connectivity index (χ1n) is 7.38. The highest BCUT2D eigenvalue weighted by molar-refractivity contribution is 6.30. The van der Waals surface area contributed by atoms with Gasteiger partial charge in [-0.15, -0.1) is 0 Å². The quantitative estimate of drug-likeness (QED) is 0.878. The maximum Gasteiger partial charge on any atom is 0.249 e. The summed E-state index contributed by atoms with van der Waals surface area (Å²) in [4.78, 5) is 14.4. The van der Waals surface area contributed by atoms with E-state index in [2.05, 4.69) is 10.2 Å². The van der Waals surface area contributed by atoms with E-state index in [0.29, 0.717) is 11.6 Å². The van der Waals surface area contributed by atoms with E-state index in [1.54, 1.807) is 0 Å². The van der Waals surface area contributed by atoms with E-state index in [1.165, 1.54) is 0 Å². The topological polar surface area (TPSA) is 41.6 Å². The zero-order chi connectivity index (χ0) is 15.2. The van der Waals surface area contributed by atoms with Gasteiger partial charge >= 0.3 is 0 Å². The Morgan fingerprint density at radius 3 is 2.71 bits per heavy atom. The number of rotatable bonds is 6. The number of nitrogens with zero attached hydrogens (tertiary/aromatic N) is 1. The Balaban J connectivity index is 2.03. The second kappa shape index (κ2) is 7.78. The molecule has 2 rings (SSSR count). The Labute approximate surface area is 131 Å². The van der Waals surface area contributed by atoms with Crippen LogP contribution in [0.3, 0.4) is 0 Å². The van der Waals surface area contributed by atoms with Crippen LogP contribution in [0.15, 0.2) is 24.3 Å². The van der Waals surface area contributed by atoms with Gasteiger partial charge in [-0.1, -0.05) is 23.7 Å². The lowest BCUT2D eigenvalue weighted by molar-refractivity contribution is -0.130. The second-order valence-corrected chi connectivity index (χ2v) is 6.14. The Kier molecular flexibility index (Phi) is 6.03. The van der Waals surface area contributed by atoms with Gasteiger partial charge in [0.25, 0.3) is 0 Å². The fourth-order valence-corrected chi connectivity index (χ4v) is 2.58. The number of halogens is 1. The Morgan fingerprint density at radius 1 is 1.43 bits per heavy atom. The summed E-state index contributed by atoms with van der Waals surface area (Å²) in [5, 5.41) is 3.82. The zero-order valence-corrected chi connectivity index (χ0v) is 13.4. The molecule has 1 fully saturated rings. The molecular weight excluding hydrogens is 288 g/mol. The second-order valence-electron chi connectivity index (χ2n) is 5.71. The van der Waals surface area contributed by atoms with Crippen molar-refractivity contribution in [1.29, 1.82) is 0 Å². The molecule has 21 heavy (non-hydrogen) atoms. The first-order chi connectivity index (χ1) is 10.1. The third-order valence-corrected chi connectivity index (χ3v) is 3.93. The largest absolute Gasteiger partial charge is 0.368 e. The fourth-order valence-electron chi connectivity index (χ4n) is 2.45. The molecule has 1 aliphatic heterocycles. The lowest BCUT2D eigenvalue weighted by Crippen LogP contribution is -2.37. The number of carbonyl (C=O) groups excluding carboxylic acids is 1. The van der Waals surface area contributed by atoms with Crippen molar-refractivity contribution in [3.8, 4) is 0 Å². The van der Waals surface area contributed by atoms with E-state index < -0.39 is 0 Å². The predicted octanol–water partition coefficient (Wildman–Crippen LogP) is 2.63. The average Bonchev–Trinajstić information content (AvgIpc) is 2.98. The molecule has 5 heteroatoms. The highest BCUT2D eigenvalue weighted by Crippen LogP contribution is 2.21. The van der Waals surface area contributed by atoms with Crippen LogP contribution in [0, 0.1) is 0 Å². The van der Waals surface area contributed by atoms with Crippen LogP contribution >= 0.6 is 11.6 Å². The lowest BCUT2D eigenvalue weighted by atomic mass is 10.0. The molecule has 1 aliphatic rings. The lowest BCUT2D eigenvalue weighted by Gasteiger charge is -2.23. The maximum absolute atomic E-state index is 12.3. The molecule has 1 heterocycles. The summed E-state index contributed by atoms with van der Waals surface area (Å²) in [6, 6.07) is 7.65. The third kappa shape index (κ3) is 4.99. The average molecular weight is 311 g/mol. The molecule has 1 aromatic rings. The molecule has 0 aliphatic carbocycles. The van der Waals surface area contributed by atoms with Crippen LogP contribution in [0.4, 0.5) is 0 Å². The molecule has 0 aromatic heterocycles. The van der Waals surface area contributed by atoms with Gasteiger partial charge in [0.05, 0.1) is 6.04 Å². The van der Waals surface area contributed by atoms with Crippen LogP contribution in [-0.4, -0.2) is 44.2 Å². The Bertz CT molecular complexity index is 456. The number of carbonyl (C=O) groups is 1. The van der Waals surface area contributed by atoms with Crippen LogP contribution in [0.25, 0.3) is 0 Å². The van der Waals surface area contributed by atoms with E-state index in [-0.39, 0.29) is 18.1 Å². The Morgan fingerprint density at radius 2 is 2.14 bits per heavy atom. The normalized spacial score (nSPS) is 19.7. The summed E-state index contributed by atoms with van der Waals surface area (Å²) in [5.41, 5.74) is 1.08. The fraction of sp³-hybridized carbons (Fsp3) is 0.562. The number of hydrogen-bond donors (Lipinski definition) is 1. The highest BCUT2D eigenvalue weighted by Gasteiger charge is 2.26. The molecule has 4 nitrogen and oxygen atoms in total. The summed E-state index contributed by atoms with van der Waals surface area (Å²) in [7, 11) is 4.06. The third-order valence-electron chi connectivity index (χ3n) is 3.68.